The quantitative estimate of drug-likeness (QED) is 0.449. The molecule has 2 unspecified atom stereocenters. The Kier molecular flexibility index (Phi) is 1.93. The van der Waals surface area contributed by atoms with E-state index < -0.39 is 0 Å². The van der Waals surface area contributed by atoms with E-state index in [4.69, 9.17) is 0 Å². The maximum Gasteiger partial charge on any atom is -0.0326 e. The molecule has 1 rings (SSSR count). The van der Waals surface area contributed by atoms with Crippen molar-refractivity contribution in [3.8, 4) is 0 Å². The van der Waals surface area contributed by atoms with E-state index in [0.717, 1.165) is 11.8 Å². The summed E-state index contributed by atoms with van der Waals surface area (Å²) in [4.78, 5) is 0. The third kappa shape index (κ3) is 1.50. The second-order valence-electron chi connectivity index (χ2n) is 2.84. The summed E-state index contributed by atoms with van der Waals surface area (Å²) in [6, 6.07) is 0. The SMILES string of the molecule is CC1[CH]CCC(C)[CH]1. The van der Waals surface area contributed by atoms with Crippen LogP contribution >= 0.6 is 0 Å². The highest BCUT2D eigenvalue weighted by molar-refractivity contribution is 4.92. The fraction of sp³-hybridized carbons (Fsp3) is 0.750. The number of hydrogen-bond donors (Lipinski definition) is 0. The number of rotatable bonds is 0. The average molecular weight is 110 g/mol. The Balaban J connectivity index is 2.23. The Morgan fingerprint density at radius 3 is 2.50 bits per heavy atom. The van der Waals surface area contributed by atoms with Gasteiger partial charge in [0, 0.05) is 0 Å². The van der Waals surface area contributed by atoms with E-state index in [9.17, 15) is 0 Å². The molecule has 1 fully saturated rings. The smallest absolute Gasteiger partial charge is 0.0326 e. The molecule has 0 aromatic rings. The summed E-state index contributed by atoms with van der Waals surface area (Å²) in [7, 11) is 0. The van der Waals surface area contributed by atoms with Gasteiger partial charge < -0.3 is 0 Å². The molecule has 0 N–H and O–H groups in total. The molecule has 0 bridgehead atoms. The fourth-order valence-electron chi connectivity index (χ4n) is 1.32. The minimum atomic E-state index is 0.763. The van der Waals surface area contributed by atoms with E-state index in [-0.39, 0.29) is 0 Å². The van der Waals surface area contributed by atoms with Crippen LogP contribution in [-0.4, -0.2) is 0 Å². The zero-order valence-electron chi connectivity index (χ0n) is 5.72. The van der Waals surface area contributed by atoms with Gasteiger partial charge in [0.15, 0.2) is 0 Å². The van der Waals surface area contributed by atoms with Gasteiger partial charge in [-0.3, -0.25) is 0 Å². The minimum absolute atomic E-state index is 0.763. The zero-order valence-corrected chi connectivity index (χ0v) is 5.72. The minimum Gasteiger partial charge on any atom is -0.0622 e. The molecule has 0 aromatic heterocycles. The molecule has 1 aliphatic carbocycles. The molecule has 0 aliphatic heterocycles. The van der Waals surface area contributed by atoms with Gasteiger partial charge >= 0.3 is 0 Å². The van der Waals surface area contributed by atoms with Crippen LogP contribution in [0.2, 0.25) is 0 Å². The Labute approximate surface area is 52.3 Å². The first-order valence-electron chi connectivity index (χ1n) is 3.47. The monoisotopic (exact) mass is 110 g/mol. The molecule has 0 heteroatoms. The molecule has 0 heterocycles. The van der Waals surface area contributed by atoms with Gasteiger partial charge in [-0.1, -0.05) is 20.3 Å². The molecule has 0 saturated heterocycles. The van der Waals surface area contributed by atoms with Crippen LogP contribution in [0.1, 0.15) is 26.7 Å². The summed E-state index contributed by atoms with van der Waals surface area (Å²) < 4.78 is 0. The molecule has 0 spiro atoms. The van der Waals surface area contributed by atoms with Crippen molar-refractivity contribution in [2.24, 2.45) is 11.8 Å². The van der Waals surface area contributed by atoms with Crippen molar-refractivity contribution in [3.05, 3.63) is 12.8 Å². The highest BCUT2D eigenvalue weighted by atomic mass is 14.2. The summed E-state index contributed by atoms with van der Waals surface area (Å²) >= 11 is 0. The van der Waals surface area contributed by atoms with Gasteiger partial charge in [0.05, 0.1) is 0 Å². The molecule has 0 amide bonds. The summed E-state index contributed by atoms with van der Waals surface area (Å²) in [6.07, 6.45) is 7.49. The molecule has 0 nitrogen and oxygen atoms in total. The fourth-order valence-corrected chi connectivity index (χ4v) is 1.32. The van der Waals surface area contributed by atoms with Crippen LogP contribution in [0.5, 0.6) is 0 Å². The zero-order chi connectivity index (χ0) is 5.98. The van der Waals surface area contributed by atoms with Gasteiger partial charge in [-0.15, -0.1) is 0 Å². The first-order valence-corrected chi connectivity index (χ1v) is 3.47. The van der Waals surface area contributed by atoms with Crippen molar-refractivity contribution in [2.45, 2.75) is 26.7 Å². The topological polar surface area (TPSA) is 0 Å². The van der Waals surface area contributed by atoms with E-state index >= 15 is 0 Å². The van der Waals surface area contributed by atoms with Gasteiger partial charge in [-0.05, 0) is 31.1 Å². The highest BCUT2D eigenvalue weighted by Gasteiger charge is 2.14. The first-order chi connectivity index (χ1) is 3.79. The lowest BCUT2D eigenvalue weighted by Gasteiger charge is -2.22. The van der Waals surface area contributed by atoms with E-state index in [0.29, 0.717) is 0 Å². The van der Waals surface area contributed by atoms with Crippen LogP contribution in [-0.2, 0) is 0 Å². The van der Waals surface area contributed by atoms with Crippen molar-refractivity contribution in [1.29, 1.82) is 0 Å². The van der Waals surface area contributed by atoms with Crippen LogP contribution in [0.4, 0.5) is 0 Å². The van der Waals surface area contributed by atoms with Crippen LogP contribution < -0.4 is 0 Å². The Morgan fingerprint density at radius 2 is 2.12 bits per heavy atom. The molecular formula is C8H14. The van der Waals surface area contributed by atoms with Gasteiger partial charge in [0.1, 0.15) is 0 Å². The largest absolute Gasteiger partial charge is 0.0622 e. The average Bonchev–Trinajstić information content (AvgIpc) is 1.64. The van der Waals surface area contributed by atoms with E-state index in [1.54, 1.807) is 0 Å². The normalized spacial score (nSPS) is 39.8. The third-order valence-electron chi connectivity index (χ3n) is 1.79. The maximum atomic E-state index is 2.42. The molecule has 2 atom stereocenters. The molecular weight excluding hydrogens is 96.1 g/mol. The van der Waals surface area contributed by atoms with Gasteiger partial charge in [0.25, 0.3) is 0 Å². The predicted octanol–water partition coefficient (Wildman–Crippen LogP) is 2.46. The van der Waals surface area contributed by atoms with Crippen LogP contribution in [0.3, 0.4) is 0 Å². The molecule has 46 valence electrons. The summed E-state index contributed by atoms with van der Waals surface area (Å²) in [6.45, 7) is 4.55. The third-order valence-corrected chi connectivity index (χ3v) is 1.79. The molecule has 0 aromatic carbocycles. The lowest BCUT2D eigenvalue weighted by atomic mass is 9.84. The Bertz CT molecular complexity index is 58.4. The second kappa shape index (κ2) is 2.52. The maximum absolute atomic E-state index is 2.42. The van der Waals surface area contributed by atoms with Crippen LogP contribution in [0.25, 0.3) is 0 Å². The van der Waals surface area contributed by atoms with Crippen molar-refractivity contribution in [3.63, 3.8) is 0 Å². The lowest BCUT2D eigenvalue weighted by molar-refractivity contribution is 0.473. The van der Waals surface area contributed by atoms with Gasteiger partial charge in [-0.25, -0.2) is 0 Å². The summed E-state index contributed by atoms with van der Waals surface area (Å²) in [5.74, 6) is 1.62. The summed E-state index contributed by atoms with van der Waals surface area (Å²) in [5, 5.41) is 0. The highest BCUT2D eigenvalue weighted by Crippen LogP contribution is 2.25. The van der Waals surface area contributed by atoms with E-state index in [1.807, 2.05) is 0 Å². The van der Waals surface area contributed by atoms with Crippen molar-refractivity contribution >= 4 is 0 Å². The van der Waals surface area contributed by atoms with E-state index in [1.165, 1.54) is 12.8 Å². The first kappa shape index (κ1) is 6.12. The molecule has 1 aliphatic rings. The molecule has 1 saturated carbocycles. The Hall–Kier alpha value is 0. The van der Waals surface area contributed by atoms with E-state index in [2.05, 4.69) is 26.7 Å². The Morgan fingerprint density at radius 1 is 1.38 bits per heavy atom. The lowest BCUT2D eigenvalue weighted by Crippen LogP contribution is -2.11. The molecule has 2 radical (unpaired) electrons. The number of hydrogen-bond acceptors (Lipinski definition) is 0. The van der Waals surface area contributed by atoms with Crippen LogP contribution in [0, 0.1) is 24.7 Å². The van der Waals surface area contributed by atoms with Gasteiger partial charge in [-0.2, -0.15) is 0 Å². The van der Waals surface area contributed by atoms with Crippen molar-refractivity contribution < 1.29 is 0 Å². The standard InChI is InChI=1S/C8H14/c1-7-4-3-5-8(2)6-7/h4,6-8H,3,5H2,1-2H3. The molecule has 8 heavy (non-hydrogen) atoms. The predicted molar refractivity (Wildman–Crippen MR) is 36.2 cm³/mol. The van der Waals surface area contributed by atoms with Crippen molar-refractivity contribution in [1.82, 2.24) is 0 Å². The van der Waals surface area contributed by atoms with Gasteiger partial charge in [0.2, 0.25) is 0 Å². The van der Waals surface area contributed by atoms with Crippen LogP contribution in [0.15, 0.2) is 0 Å². The summed E-state index contributed by atoms with van der Waals surface area (Å²) in [5.41, 5.74) is 0. The van der Waals surface area contributed by atoms with Crippen molar-refractivity contribution in [2.75, 3.05) is 0 Å². The second-order valence-corrected chi connectivity index (χ2v) is 2.84.